The number of hydrogen-bond acceptors (Lipinski definition) is 2. The first-order valence-electron chi connectivity index (χ1n) is 8.09. The van der Waals surface area contributed by atoms with Crippen molar-refractivity contribution in [1.82, 2.24) is 10.2 Å². The second kappa shape index (κ2) is 7.38. The van der Waals surface area contributed by atoms with E-state index in [9.17, 15) is 18.0 Å². The van der Waals surface area contributed by atoms with E-state index in [0.717, 1.165) is 31.1 Å². The normalized spacial score (nSPS) is 17.3. The summed E-state index contributed by atoms with van der Waals surface area (Å²) in [6.45, 7) is 5.04. The Morgan fingerprint density at radius 3 is 2.62 bits per heavy atom. The molecule has 1 aromatic rings. The standard InChI is InChI=1S/C18H23F3N2O/c1-4-16(13-8-10-23(3)11-9-13)22-17(24)14-6-5-7-15(12(14)2)18(19,20)21/h5-8,16H,4,9-11H2,1-3H3,(H,22,24)/t16-/m0/s1. The van der Waals surface area contributed by atoms with E-state index >= 15 is 0 Å². The minimum atomic E-state index is -4.46. The number of halogens is 3. The summed E-state index contributed by atoms with van der Waals surface area (Å²) in [5.74, 6) is -0.453. The lowest BCUT2D eigenvalue weighted by Gasteiger charge is -2.28. The number of nitrogens with one attached hydrogen (secondary N) is 1. The van der Waals surface area contributed by atoms with Crippen molar-refractivity contribution in [3.63, 3.8) is 0 Å². The fourth-order valence-corrected chi connectivity index (χ4v) is 2.98. The van der Waals surface area contributed by atoms with Gasteiger partial charge in [0.15, 0.2) is 0 Å². The molecular formula is C18H23F3N2O. The van der Waals surface area contributed by atoms with Gasteiger partial charge in [0, 0.05) is 18.7 Å². The van der Waals surface area contributed by atoms with Crippen LogP contribution in [0.3, 0.4) is 0 Å². The summed E-state index contributed by atoms with van der Waals surface area (Å²) in [6.07, 6.45) is -0.798. The summed E-state index contributed by atoms with van der Waals surface area (Å²) in [5, 5.41) is 2.89. The third-order valence-corrected chi connectivity index (χ3v) is 4.49. The van der Waals surface area contributed by atoms with E-state index in [-0.39, 0.29) is 17.2 Å². The Balaban J connectivity index is 2.20. The van der Waals surface area contributed by atoms with Crippen molar-refractivity contribution in [3.05, 3.63) is 46.5 Å². The molecule has 0 radical (unpaired) electrons. The fourth-order valence-electron chi connectivity index (χ4n) is 2.98. The molecule has 0 aromatic heterocycles. The molecule has 2 rings (SSSR count). The minimum Gasteiger partial charge on any atom is -0.346 e. The second-order valence-corrected chi connectivity index (χ2v) is 6.20. The third-order valence-electron chi connectivity index (χ3n) is 4.49. The number of benzene rings is 1. The molecule has 0 spiro atoms. The lowest BCUT2D eigenvalue weighted by molar-refractivity contribution is -0.138. The highest BCUT2D eigenvalue weighted by molar-refractivity contribution is 5.96. The van der Waals surface area contributed by atoms with E-state index in [0.29, 0.717) is 6.42 Å². The van der Waals surface area contributed by atoms with Gasteiger partial charge in [0.1, 0.15) is 0 Å². The van der Waals surface area contributed by atoms with E-state index in [1.165, 1.54) is 19.1 Å². The highest BCUT2D eigenvalue weighted by Crippen LogP contribution is 2.33. The molecule has 0 aliphatic carbocycles. The van der Waals surface area contributed by atoms with Crippen molar-refractivity contribution < 1.29 is 18.0 Å². The summed E-state index contributed by atoms with van der Waals surface area (Å²) < 4.78 is 39.0. The highest BCUT2D eigenvalue weighted by atomic mass is 19.4. The van der Waals surface area contributed by atoms with Gasteiger partial charge in [0.2, 0.25) is 0 Å². The van der Waals surface area contributed by atoms with E-state index in [4.69, 9.17) is 0 Å². The van der Waals surface area contributed by atoms with Gasteiger partial charge in [-0.05, 0) is 50.1 Å². The van der Waals surface area contributed by atoms with Crippen LogP contribution in [-0.2, 0) is 6.18 Å². The molecule has 1 aliphatic rings. The minimum absolute atomic E-state index is 0.0327. The number of likely N-dealkylation sites (N-methyl/N-ethyl adjacent to an activating group) is 1. The topological polar surface area (TPSA) is 32.3 Å². The predicted molar refractivity (Wildman–Crippen MR) is 87.9 cm³/mol. The number of hydrogen-bond donors (Lipinski definition) is 1. The van der Waals surface area contributed by atoms with Crippen LogP contribution >= 0.6 is 0 Å². The molecule has 1 heterocycles. The van der Waals surface area contributed by atoms with Crippen LogP contribution in [-0.4, -0.2) is 37.0 Å². The van der Waals surface area contributed by atoms with Crippen molar-refractivity contribution in [3.8, 4) is 0 Å². The van der Waals surface area contributed by atoms with Gasteiger partial charge in [0.25, 0.3) is 5.91 Å². The lowest BCUT2D eigenvalue weighted by atomic mass is 9.96. The quantitative estimate of drug-likeness (QED) is 0.846. The largest absolute Gasteiger partial charge is 0.416 e. The molecule has 132 valence electrons. The van der Waals surface area contributed by atoms with Crippen LogP contribution in [0.1, 0.15) is 41.3 Å². The SMILES string of the molecule is CC[C@H](NC(=O)c1cccc(C(F)(F)F)c1C)C1=CCN(C)CC1. The van der Waals surface area contributed by atoms with E-state index in [1.807, 2.05) is 14.0 Å². The molecule has 0 unspecified atom stereocenters. The van der Waals surface area contributed by atoms with Gasteiger partial charge in [-0.1, -0.05) is 19.1 Å². The van der Waals surface area contributed by atoms with Gasteiger partial charge >= 0.3 is 6.18 Å². The number of rotatable bonds is 4. The Kier molecular flexibility index (Phi) is 5.70. The average molecular weight is 340 g/mol. The van der Waals surface area contributed by atoms with Crippen LogP contribution in [0, 0.1) is 6.92 Å². The summed E-state index contributed by atoms with van der Waals surface area (Å²) in [4.78, 5) is 14.7. The Morgan fingerprint density at radius 2 is 2.08 bits per heavy atom. The van der Waals surface area contributed by atoms with E-state index < -0.39 is 17.6 Å². The zero-order valence-electron chi connectivity index (χ0n) is 14.2. The number of nitrogens with zero attached hydrogens (tertiary/aromatic N) is 1. The van der Waals surface area contributed by atoms with Gasteiger partial charge in [-0.3, -0.25) is 4.79 Å². The maximum atomic E-state index is 13.0. The molecule has 0 bridgehead atoms. The molecular weight excluding hydrogens is 317 g/mol. The van der Waals surface area contributed by atoms with Gasteiger partial charge in [-0.25, -0.2) is 0 Å². The van der Waals surface area contributed by atoms with Crippen LogP contribution in [0.5, 0.6) is 0 Å². The number of alkyl halides is 3. The average Bonchev–Trinajstić information content (AvgIpc) is 2.52. The monoisotopic (exact) mass is 340 g/mol. The first-order valence-corrected chi connectivity index (χ1v) is 8.09. The zero-order valence-corrected chi connectivity index (χ0v) is 14.2. The highest BCUT2D eigenvalue weighted by Gasteiger charge is 2.33. The van der Waals surface area contributed by atoms with E-state index in [2.05, 4.69) is 16.3 Å². The molecule has 0 saturated heterocycles. The summed E-state index contributed by atoms with van der Waals surface area (Å²) >= 11 is 0. The first kappa shape index (κ1) is 18.5. The van der Waals surface area contributed by atoms with Crippen LogP contribution < -0.4 is 5.32 Å². The Morgan fingerprint density at radius 1 is 1.38 bits per heavy atom. The van der Waals surface area contributed by atoms with Crippen molar-refractivity contribution in [1.29, 1.82) is 0 Å². The number of carbonyl (C=O) groups is 1. The van der Waals surface area contributed by atoms with Crippen LogP contribution in [0.25, 0.3) is 0 Å². The first-order chi connectivity index (χ1) is 11.2. The number of amides is 1. The molecule has 3 nitrogen and oxygen atoms in total. The molecule has 24 heavy (non-hydrogen) atoms. The van der Waals surface area contributed by atoms with Crippen molar-refractivity contribution in [2.45, 2.75) is 38.9 Å². The molecule has 1 N–H and O–H groups in total. The van der Waals surface area contributed by atoms with Crippen LogP contribution in [0.15, 0.2) is 29.8 Å². The van der Waals surface area contributed by atoms with Crippen molar-refractivity contribution in [2.75, 3.05) is 20.1 Å². The maximum absolute atomic E-state index is 13.0. The molecule has 1 aliphatic heterocycles. The summed E-state index contributed by atoms with van der Waals surface area (Å²) in [6, 6.07) is 3.58. The second-order valence-electron chi connectivity index (χ2n) is 6.20. The van der Waals surface area contributed by atoms with Crippen LogP contribution in [0.2, 0.25) is 0 Å². The third kappa shape index (κ3) is 4.17. The van der Waals surface area contributed by atoms with Gasteiger partial charge in [-0.15, -0.1) is 0 Å². The smallest absolute Gasteiger partial charge is 0.346 e. The van der Waals surface area contributed by atoms with Gasteiger partial charge < -0.3 is 10.2 Å². The van der Waals surface area contributed by atoms with Crippen LogP contribution in [0.4, 0.5) is 13.2 Å². The Labute approximate surface area is 140 Å². The molecule has 0 fully saturated rings. The predicted octanol–water partition coefficient (Wildman–Crippen LogP) is 3.78. The molecule has 1 amide bonds. The number of carbonyl (C=O) groups excluding carboxylic acids is 1. The maximum Gasteiger partial charge on any atom is 0.416 e. The van der Waals surface area contributed by atoms with E-state index in [1.54, 1.807) is 0 Å². The molecule has 6 heteroatoms. The zero-order chi connectivity index (χ0) is 17.9. The Bertz CT molecular complexity index is 638. The Hall–Kier alpha value is -1.82. The molecule has 1 aromatic carbocycles. The van der Waals surface area contributed by atoms with Gasteiger partial charge in [-0.2, -0.15) is 13.2 Å². The summed E-state index contributed by atoms with van der Waals surface area (Å²) in [7, 11) is 2.03. The van der Waals surface area contributed by atoms with Crippen molar-refractivity contribution >= 4 is 5.91 Å². The fraction of sp³-hybridized carbons (Fsp3) is 0.500. The molecule has 0 saturated carbocycles. The van der Waals surface area contributed by atoms with Gasteiger partial charge in [0.05, 0.1) is 11.6 Å². The summed E-state index contributed by atoms with van der Waals surface area (Å²) in [5.41, 5.74) is 0.432. The molecule has 1 atom stereocenters. The van der Waals surface area contributed by atoms with Crippen molar-refractivity contribution in [2.24, 2.45) is 0 Å². The lowest BCUT2D eigenvalue weighted by Crippen LogP contribution is -2.39.